The van der Waals surface area contributed by atoms with Gasteiger partial charge in [-0.3, -0.25) is 0 Å². The molecule has 0 aliphatic rings. The van der Waals surface area contributed by atoms with E-state index in [9.17, 15) is 4.39 Å². The van der Waals surface area contributed by atoms with Gasteiger partial charge in [-0.25, -0.2) is 4.39 Å². The van der Waals surface area contributed by atoms with Crippen LogP contribution < -0.4 is 19.9 Å². The largest absolute Gasteiger partial charge is 0.497 e. The molecule has 0 amide bonds. The normalized spacial score (nSPS) is 10.2. The maximum absolute atomic E-state index is 13.8. The van der Waals surface area contributed by atoms with Crippen LogP contribution in [0.1, 0.15) is 5.56 Å². The van der Waals surface area contributed by atoms with Gasteiger partial charge in [-0.15, -0.1) is 0 Å². The standard InChI is InChI=1S/C15H16FNO3/c1-18-12-5-3-10(13(16)8-12)9-20-15-7-11(17)4-6-14(15)19-2/h3-8H,9,17H2,1-2H3. The Morgan fingerprint density at radius 3 is 2.45 bits per heavy atom. The predicted molar refractivity (Wildman–Crippen MR) is 74.7 cm³/mol. The first kappa shape index (κ1) is 14.0. The van der Waals surface area contributed by atoms with E-state index >= 15 is 0 Å². The summed E-state index contributed by atoms with van der Waals surface area (Å²) in [5.74, 6) is 1.11. The van der Waals surface area contributed by atoms with Crippen molar-refractivity contribution < 1.29 is 18.6 Å². The molecule has 0 aliphatic carbocycles. The van der Waals surface area contributed by atoms with E-state index in [0.29, 0.717) is 28.5 Å². The molecule has 0 aromatic heterocycles. The van der Waals surface area contributed by atoms with E-state index in [1.807, 2.05) is 0 Å². The van der Waals surface area contributed by atoms with Crippen molar-refractivity contribution in [1.82, 2.24) is 0 Å². The lowest BCUT2D eigenvalue weighted by molar-refractivity contribution is 0.279. The first-order valence-corrected chi connectivity index (χ1v) is 6.02. The second-order valence-corrected chi connectivity index (χ2v) is 4.16. The summed E-state index contributed by atoms with van der Waals surface area (Å²) >= 11 is 0. The number of ether oxygens (including phenoxy) is 3. The third kappa shape index (κ3) is 3.12. The van der Waals surface area contributed by atoms with Crippen LogP contribution in [0.2, 0.25) is 0 Å². The van der Waals surface area contributed by atoms with Crippen LogP contribution in [0.5, 0.6) is 17.2 Å². The summed E-state index contributed by atoms with van der Waals surface area (Å²) in [6.45, 7) is 0.0790. The van der Waals surface area contributed by atoms with Gasteiger partial charge in [0.05, 0.1) is 14.2 Å². The zero-order chi connectivity index (χ0) is 14.5. The summed E-state index contributed by atoms with van der Waals surface area (Å²) in [6, 6.07) is 9.66. The van der Waals surface area contributed by atoms with Gasteiger partial charge in [0.2, 0.25) is 0 Å². The van der Waals surface area contributed by atoms with Gasteiger partial charge in [-0.2, -0.15) is 0 Å². The Labute approximate surface area is 116 Å². The van der Waals surface area contributed by atoms with Gasteiger partial charge in [0.15, 0.2) is 11.5 Å². The van der Waals surface area contributed by atoms with Gasteiger partial charge < -0.3 is 19.9 Å². The van der Waals surface area contributed by atoms with E-state index in [-0.39, 0.29) is 12.4 Å². The predicted octanol–water partition coefficient (Wildman–Crippen LogP) is 3.00. The lowest BCUT2D eigenvalue weighted by atomic mass is 10.2. The number of rotatable bonds is 5. The Kier molecular flexibility index (Phi) is 4.30. The van der Waals surface area contributed by atoms with E-state index < -0.39 is 0 Å². The summed E-state index contributed by atoms with van der Waals surface area (Å²) in [7, 11) is 3.02. The van der Waals surface area contributed by atoms with E-state index in [2.05, 4.69) is 0 Å². The minimum Gasteiger partial charge on any atom is -0.497 e. The van der Waals surface area contributed by atoms with E-state index in [4.69, 9.17) is 19.9 Å². The first-order chi connectivity index (χ1) is 9.63. The highest BCUT2D eigenvalue weighted by Gasteiger charge is 2.08. The molecule has 0 heterocycles. The molecule has 4 nitrogen and oxygen atoms in total. The highest BCUT2D eigenvalue weighted by Crippen LogP contribution is 2.30. The zero-order valence-electron chi connectivity index (χ0n) is 11.4. The SMILES string of the molecule is COc1ccc(COc2cc(N)ccc2OC)c(F)c1. The third-order valence-electron chi connectivity index (χ3n) is 2.83. The Morgan fingerprint density at radius 2 is 1.80 bits per heavy atom. The smallest absolute Gasteiger partial charge is 0.163 e. The fraction of sp³-hybridized carbons (Fsp3) is 0.200. The Hall–Kier alpha value is -2.43. The van der Waals surface area contributed by atoms with Crippen LogP contribution in [0.25, 0.3) is 0 Å². The van der Waals surface area contributed by atoms with E-state index in [1.54, 1.807) is 30.3 Å². The van der Waals surface area contributed by atoms with Gasteiger partial charge in [-0.05, 0) is 24.3 Å². The maximum atomic E-state index is 13.8. The number of hydrogen-bond donors (Lipinski definition) is 1. The average molecular weight is 277 g/mol. The molecular formula is C15H16FNO3. The van der Waals surface area contributed by atoms with Crippen LogP contribution in [0, 0.1) is 5.82 Å². The third-order valence-corrected chi connectivity index (χ3v) is 2.83. The summed E-state index contributed by atoms with van der Waals surface area (Å²) in [6.07, 6.45) is 0. The van der Waals surface area contributed by atoms with Crippen LogP contribution in [-0.4, -0.2) is 14.2 Å². The van der Waals surface area contributed by atoms with Gasteiger partial charge in [0, 0.05) is 23.4 Å². The summed E-state index contributed by atoms with van der Waals surface area (Å²) in [5, 5.41) is 0. The van der Waals surface area contributed by atoms with Crippen molar-refractivity contribution in [1.29, 1.82) is 0 Å². The molecule has 2 N–H and O–H groups in total. The molecule has 0 spiro atoms. The molecular weight excluding hydrogens is 261 g/mol. The molecule has 0 atom stereocenters. The number of halogens is 1. The first-order valence-electron chi connectivity index (χ1n) is 6.02. The van der Waals surface area contributed by atoms with E-state index in [1.165, 1.54) is 20.3 Å². The molecule has 0 bridgehead atoms. The molecule has 20 heavy (non-hydrogen) atoms. The highest BCUT2D eigenvalue weighted by atomic mass is 19.1. The molecule has 106 valence electrons. The molecule has 2 rings (SSSR count). The van der Waals surface area contributed by atoms with Crippen LogP contribution >= 0.6 is 0 Å². The number of benzene rings is 2. The van der Waals surface area contributed by atoms with Gasteiger partial charge in [-0.1, -0.05) is 0 Å². The molecule has 2 aromatic rings. The average Bonchev–Trinajstić information content (AvgIpc) is 2.46. The van der Waals surface area contributed by atoms with Crippen LogP contribution in [0.4, 0.5) is 10.1 Å². The zero-order valence-corrected chi connectivity index (χ0v) is 11.4. The number of nitrogens with two attached hydrogens (primary N) is 1. The Bertz CT molecular complexity index is 602. The number of methoxy groups -OCH3 is 2. The number of nitrogen functional groups attached to an aromatic ring is 1. The minimum absolute atomic E-state index is 0.0790. The Balaban J connectivity index is 2.14. The lowest BCUT2D eigenvalue weighted by Crippen LogP contribution is -2.01. The number of anilines is 1. The molecule has 0 aliphatic heterocycles. The highest BCUT2D eigenvalue weighted by molar-refractivity contribution is 5.52. The Morgan fingerprint density at radius 1 is 1.00 bits per heavy atom. The molecule has 0 saturated heterocycles. The van der Waals surface area contributed by atoms with Crippen molar-refractivity contribution >= 4 is 5.69 Å². The molecule has 0 unspecified atom stereocenters. The van der Waals surface area contributed by atoms with Crippen LogP contribution in [0.15, 0.2) is 36.4 Å². The lowest BCUT2D eigenvalue weighted by Gasteiger charge is -2.12. The monoisotopic (exact) mass is 277 g/mol. The van der Waals surface area contributed by atoms with Crippen molar-refractivity contribution in [3.05, 3.63) is 47.8 Å². The topological polar surface area (TPSA) is 53.7 Å². The van der Waals surface area contributed by atoms with Crippen LogP contribution in [0.3, 0.4) is 0 Å². The fourth-order valence-corrected chi connectivity index (χ4v) is 1.73. The second-order valence-electron chi connectivity index (χ2n) is 4.16. The van der Waals surface area contributed by atoms with Crippen molar-refractivity contribution in [3.8, 4) is 17.2 Å². The molecule has 0 radical (unpaired) electrons. The number of hydrogen-bond acceptors (Lipinski definition) is 4. The van der Waals surface area contributed by atoms with Crippen molar-refractivity contribution in [2.75, 3.05) is 20.0 Å². The summed E-state index contributed by atoms with van der Waals surface area (Å²) < 4.78 is 29.5. The minimum atomic E-state index is -0.382. The fourth-order valence-electron chi connectivity index (χ4n) is 1.73. The van der Waals surface area contributed by atoms with Crippen LogP contribution in [-0.2, 0) is 6.61 Å². The maximum Gasteiger partial charge on any atom is 0.163 e. The molecule has 0 fully saturated rings. The quantitative estimate of drug-likeness (QED) is 0.854. The summed E-state index contributed by atoms with van der Waals surface area (Å²) in [5.41, 5.74) is 6.67. The van der Waals surface area contributed by atoms with Crippen molar-refractivity contribution in [2.45, 2.75) is 6.61 Å². The summed E-state index contributed by atoms with van der Waals surface area (Å²) in [4.78, 5) is 0. The molecule has 2 aromatic carbocycles. The van der Waals surface area contributed by atoms with Crippen molar-refractivity contribution in [3.63, 3.8) is 0 Å². The van der Waals surface area contributed by atoms with Gasteiger partial charge in [0.25, 0.3) is 0 Å². The second kappa shape index (κ2) is 6.14. The van der Waals surface area contributed by atoms with Gasteiger partial charge >= 0.3 is 0 Å². The van der Waals surface area contributed by atoms with Gasteiger partial charge in [0.1, 0.15) is 18.2 Å². The molecule has 5 heteroatoms. The van der Waals surface area contributed by atoms with E-state index in [0.717, 1.165) is 0 Å². The van der Waals surface area contributed by atoms with Crippen molar-refractivity contribution in [2.24, 2.45) is 0 Å². The molecule has 0 saturated carbocycles.